The Morgan fingerprint density at radius 2 is 2.27 bits per heavy atom. The maximum Gasteiger partial charge on any atom is 0.250 e. The highest BCUT2D eigenvalue weighted by atomic mass is 35.5. The van der Waals surface area contributed by atoms with E-state index in [-0.39, 0.29) is 5.96 Å². The molecule has 0 saturated heterocycles. The van der Waals surface area contributed by atoms with E-state index in [0.717, 1.165) is 5.56 Å². The Morgan fingerprint density at radius 3 is 2.87 bits per heavy atom. The molecule has 1 rings (SSSR count). The first-order valence-corrected chi connectivity index (χ1v) is 4.54. The Balaban J connectivity index is 2.65. The standard InChI is InChI=1S/C10H10ClN3O/c11-8-3-1-2-7(6-8)4-5-9(15)14-10(12)13/h1-6H,(H4,12,13,14,15). The summed E-state index contributed by atoms with van der Waals surface area (Å²) in [6.07, 6.45) is 2.87. The molecule has 0 aliphatic rings. The molecular formula is C10H10ClN3O. The van der Waals surface area contributed by atoms with Crippen LogP contribution in [-0.4, -0.2) is 11.9 Å². The third-order valence-electron chi connectivity index (χ3n) is 1.53. The second kappa shape index (κ2) is 5.17. The fraction of sp³-hybridized carbons (Fsp3) is 0. The molecular weight excluding hydrogens is 214 g/mol. The summed E-state index contributed by atoms with van der Waals surface area (Å²) in [5.74, 6) is -0.821. The SMILES string of the molecule is N=C(N)NC(=O)C=Cc1cccc(Cl)c1. The molecule has 0 radical (unpaired) electrons. The number of benzene rings is 1. The number of hydrogen-bond donors (Lipinski definition) is 3. The Hall–Kier alpha value is -1.81. The van der Waals surface area contributed by atoms with Crippen LogP contribution in [0.25, 0.3) is 6.08 Å². The third kappa shape index (κ3) is 4.28. The van der Waals surface area contributed by atoms with Crippen molar-refractivity contribution in [1.29, 1.82) is 5.41 Å². The summed E-state index contributed by atoms with van der Waals surface area (Å²) in [7, 11) is 0. The molecule has 0 bridgehead atoms. The van der Waals surface area contributed by atoms with E-state index < -0.39 is 5.91 Å². The third-order valence-corrected chi connectivity index (χ3v) is 1.77. The highest BCUT2D eigenvalue weighted by Gasteiger charge is 1.95. The minimum Gasteiger partial charge on any atom is -0.370 e. The van der Waals surface area contributed by atoms with Gasteiger partial charge >= 0.3 is 0 Å². The molecule has 5 heteroatoms. The predicted octanol–water partition coefficient (Wildman–Crippen LogP) is 1.36. The molecule has 4 N–H and O–H groups in total. The van der Waals surface area contributed by atoms with Gasteiger partial charge in [-0.2, -0.15) is 0 Å². The normalized spacial score (nSPS) is 10.2. The van der Waals surface area contributed by atoms with Crippen molar-refractivity contribution in [3.05, 3.63) is 40.9 Å². The first kappa shape index (κ1) is 11.3. The van der Waals surface area contributed by atoms with Crippen molar-refractivity contribution < 1.29 is 4.79 Å². The average molecular weight is 224 g/mol. The number of carbonyl (C=O) groups is 1. The van der Waals surface area contributed by atoms with Gasteiger partial charge in [0.25, 0.3) is 5.91 Å². The van der Waals surface area contributed by atoms with Gasteiger partial charge in [-0.15, -0.1) is 0 Å². The van der Waals surface area contributed by atoms with Crippen LogP contribution in [0.1, 0.15) is 5.56 Å². The van der Waals surface area contributed by atoms with Crippen molar-refractivity contribution >= 4 is 29.5 Å². The molecule has 1 aromatic carbocycles. The van der Waals surface area contributed by atoms with Crippen molar-refractivity contribution in [2.45, 2.75) is 0 Å². The fourth-order valence-corrected chi connectivity index (χ4v) is 1.16. The number of amides is 1. The van der Waals surface area contributed by atoms with Crippen LogP contribution in [0.2, 0.25) is 5.02 Å². The lowest BCUT2D eigenvalue weighted by Gasteiger charge is -1.97. The molecule has 0 aromatic heterocycles. The number of carbonyl (C=O) groups excluding carboxylic acids is 1. The minimum absolute atomic E-state index is 0.379. The van der Waals surface area contributed by atoms with Gasteiger partial charge in [-0.3, -0.25) is 15.5 Å². The van der Waals surface area contributed by atoms with Gasteiger partial charge < -0.3 is 5.73 Å². The topological polar surface area (TPSA) is 79.0 Å². The molecule has 4 nitrogen and oxygen atoms in total. The van der Waals surface area contributed by atoms with Gasteiger partial charge in [-0.05, 0) is 23.8 Å². The summed E-state index contributed by atoms with van der Waals surface area (Å²) in [6.45, 7) is 0. The van der Waals surface area contributed by atoms with E-state index in [1.165, 1.54) is 6.08 Å². The molecule has 0 heterocycles. The van der Waals surface area contributed by atoms with E-state index in [1.807, 2.05) is 6.07 Å². The van der Waals surface area contributed by atoms with E-state index in [2.05, 4.69) is 5.32 Å². The van der Waals surface area contributed by atoms with Crippen LogP contribution < -0.4 is 11.1 Å². The zero-order chi connectivity index (χ0) is 11.3. The van der Waals surface area contributed by atoms with Crippen molar-refractivity contribution in [2.75, 3.05) is 0 Å². The monoisotopic (exact) mass is 223 g/mol. The van der Waals surface area contributed by atoms with Gasteiger partial charge in [-0.25, -0.2) is 0 Å². The molecule has 0 aliphatic carbocycles. The summed E-state index contributed by atoms with van der Waals surface area (Å²) in [5.41, 5.74) is 5.79. The molecule has 0 saturated carbocycles. The molecule has 1 aromatic rings. The Bertz CT molecular complexity index is 415. The second-order valence-electron chi connectivity index (χ2n) is 2.79. The quantitative estimate of drug-likeness (QED) is 0.402. The smallest absolute Gasteiger partial charge is 0.250 e. The van der Waals surface area contributed by atoms with E-state index in [1.54, 1.807) is 24.3 Å². The zero-order valence-corrected chi connectivity index (χ0v) is 8.58. The van der Waals surface area contributed by atoms with Crippen molar-refractivity contribution in [1.82, 2.24) is 5.32 Å². The molecule has 1 amide bonds. The minimum atomic E-state index is -0.442. The first-order valence-electron chi connectivity index (χ1n) is 4.16. The van der Waals surface area contributed by atoms with Crippen LogP contribution in [0, 0.1) is 5.41 Å². The number of nitrogens with two attached hydrogens (primary N) is 1. The van der Waals surface area contributed by atoms with Crippen molar-refractivity contribution in [3.8, 4) is 0 Å². The lowest BCUT2D eigenvalue weighted by atomic mass is 10.2. The van der Waals surface area contributed by atoms with Crippen LogP contribution in [0.15, 0.2) is 30.3 Å². The van der Waals surface area contributed by atoms with E-state index >= 15 is 0 Å². The number of halogens is 1. The van der Waals surface area contributed by atoms with E-state index in [0.29, 0.717) is 5.02 Å². The van der Waals surface area contributed by atoms with Crippen molar-refractivity contribution in [2.24, 2.45) is 5.73 Å². The van der Waals surface area contributed by atoms with E-state index in [9.17, 15) is 4.79 Å². The van der Waals surface area contributed by atoms with Crippen LogP contribution in [-0.2, 0) is 4.79 Å². The molecule has 0 atom stereocenters. The maximum absolute atomic E-state index is 11.1. The molecule has 0 aliphatic heterocycles. The number of nitrogens with one attached hydrogen (secondary N) is 2. The highest BCUT2D eigenvalue weighted by molar-refractivity contribution is 6.30. The van der Waals surface area contributed by atoms with Gasteiger partial charge in [0.05, 0.1) is 0 Å². The largest absolute Gasteiger partial charge is 0.370 e. The Labute approximate surface area is 92.2 Å². The predicted molar refractivity (Wildman–Crippen MR) is 60.5 cm³/mol. The van der Waals surface area contributed by atoms with Gasteiger partial charge in [-0.1, -0.05) is 23.7 Å². The van der Waals surface area contributed by atoms with Crippen LogP contribution in [0.4, 0.5) is 0 Å². The Morgan fingerprint density at radius 1 is 1.53 bits per heavy atom. The van der Waals surface area contributed by atoms with Crippen LogP contribution in [0.3, 0.4) is 0 Å². The molecule has 0 fully saturated rings. The zero-order valence-electron chi connectivity index (χ0n) is 7.83. The Kier molecular flexibility index (Phi) is 3.88. The van der Waals surface area contributed by atoms with Gasteiger partial charge in [0.2, 0.25) is 0 Å². The van der Waals surface area contributed by atoms with Crippen LogP contribution in [0.5, 0.6) is 0 Å². The lowest BCUT2D eigenvalue weighted by Crippen LogP contribution is -2.34. The summed E-state index contributed by atoms with van der Waals surface area (Å²) >= 11 is 5.76. The molecule has 0 unspecified atom stereocenters. The average Bonchev–Trinajstić information content (AvgIpc) is 2.14. The maximum atomic E-state index is 11.1. The summed E-state index contributed by atoms with van der Waals surface area (Å²) in [5, 5.41) is 9.56. The molecule has 15 heavy (non-hydrogen) atoms. The summed E-state index contributed by atoms with van der Waals surface area (Å²) in [4.78, 5) is 11.1. The number of hydrogen-bond acceptors (Lipinski definition) is 2. The summed E-state index contributed by atoms with van der Waals surface area (Å²) < 4.78 is 0. The lowest BCUT2D eigenvalue weighted by molar-refractivity contribution is -0.115. The number of guanidine groups is 1. The second-order valence-corrected chi connectivity index (χ2v) is 3.23. The fourth-order valence-electron chi connectivity index (χ4n) is 0.957. The van der Waals surface area contributed by atoms with Crippen molar-refractivity contribution in [3.63, 3.8) is 0 Å². The number of rotatable bonds is 2. The first-order chi connectivity index (χ1) is 7.08. The van der Waals surface area contributed by atoms with Crippen LogP contribution >= 0.6 is 11.6 Å². The van der Waals surface area contributed by atoms with Gasteiger partial charge in [0.15, 0.2) is 5.96 Å². The highest BCUT2D eigenvalue weighted by Crippen LogP contribution is 2.11. The van der Waals surface area contributed by atoms with Gasteiger partial charge in [0.1, 0.15) is 0 Å². The molecule has 0 spiro atoms. The summed E-state index contributed by atoms with van der Waals surface area (Å²) in [6, 6.07) is 7.06. The van der Waals surface area contributed by atoms with Gasteiger partial charge in [0, 0.05) is 11.1 Å². The van der Waals surface area contributed by atoms with E-state index in [4.69, 9.17) is 22.7 Å². The molecule has 78 valence electrons.